The highest BCUT2D eigenvalue weighted by molar-refractivity contribution is 5.95. The van der Waals surface area contributed by atoms with Crippen molar-refractivity contribution >= 4 is 24.0 Å². The van der Waals surface area contributed by atoms with Crippen LogP contribution in [0.4, 0.5) is 5.69 Å². The van der Waals surface area contributed by atoms with Gasteiger partial charge in [0, 0.05) is 50.9 Å². The number of rotatable bonds is 2. The molecule has 1 saturated heterocycles. The van der Waals surface area contributed by atoms with Crippen molar-refractivity contribution in [1.29, 1.82) is 0 Å². The maximum absolute atomic E-state index is 11.7. The standard InChI is InChI=1S/C17H25N3O.ClH/c1-12-10-20(13(2)9-18-12)11-14-4-6-16-15(8-14)5-7-17(21)19(16)3;/h4,6,8,12-13,18H,5,7,9-11H2,1-3H3;1H. The molecule has 2 unspecified atom stereocenters. The highest BCUT2D eigenvalue weighted by Gasteiger charge is 2.24. The van der Waals surface area contributed by atoms with E-state index in [9.17, 15) is 4.79 Å². The number of piperazine rings is 1. The molecule has 1 aromatic rings. The van der Waals surface area contributed by atoms with Crippen LogP contribution in [0.25, 0.3) is 0 Å². The zero-order chi connectivity index (χ0) is 15.0. The number of aryl methyl sites for hydroxylation is 1. The summed E-state index contributed by atoms with van der Waals surface area (Å²) < 4.78 is 0. The molecule has 2 heterocycles. The third-order valence-corrected chi connectivity index (χ3v) is 4.77. The maximum atomic E-state index is 11.7. The highest BCUT2D eigenvalue weighted by atomic mass is 35.5. The number of nitrogens with zero attached hydrogens (tertiary/aromatic N) is 2. The van der Waals surface area contributed by atoms with E-state index in [0.717, 1.165) is 31.7 Å². The molecule has 2 atom stereocenters. The number of amides is 1. The van der Waals surface area contributed by atoms with Crippen molar-refractivity contribution in [2.75, 3.05) is 25.0 Å². The summed E-state index contributed by atoms with van der Waals surface area (Å²) in [5, 5.41) is 3.52. The van der Waals surface area contributed by atoms with E-state index in [2.05, 4.69) is 42.3 Å². The molecule has 2 aliphatic rings. The molecule has 0 saturated carbocycles. The largest absolute Gasteiger partial charge is 0.315 e. The Balaban J connectivity index is 0.00000176. The van der Waals surface area contributed by atoms with Crippen LogP contribution in [-0.4, -0.2) is 43.0 Å². The Morgan fingerprint density at radius 2 is 2.05 bits per heavy atom. The molecule has 22 heavy (non-hydrogen) atoms. The van der Waals surface area contributed by atoms with E-state index < -0.39 is 0 Å². The molecule has 0 bridgehead atoms. The van der Waals surface area contributed by atoms with Crippen LogP contribution >= 0.6 is 12.4 Å². The molecule has 1 aromatic carbocycles. The van der Waals surface area contributed by atoms with Crippen LogP contribution in [-0.2, 0) is 17.8 Å². The molecule has 1 amide bonds. The van der Waals surface area contributed by atoms with Crippen LogP contribution in [0.2, 0.25) is 0 Å². The first-order valence-corrected chi connectivity index (χ1v) is 7.90. The van der Waals surface area contributed by atoms with Crippen molar-refractivity contribution in [3.05, 3.63) is 29.3 Å². The van der Waals surface area contributed by atoms with E-state index in [1.807, 2.05) is 7.05 Å². The summed E-state index contributed by atoms with van der Waals surface area (Å²) >= 11 is 0. The summed E-state index contributed by atoms with van der Waals surface area (Å²) in [6.07, 6.45) is 1.51. The van der Waals surface area contributed by atoms with Crippen LogP contribution in [0, 0.1) is 0 Å². The van der Waals surface area contributed by atoms with E-state index >= 15 is 0 Å². The topological polar surface area (TPSA) is 35.6 Å². The van der Waals surface area contributed by atoms with Gasteiger partial charge in [-0.05, 0) is 37.5 Å². The van der Waals surface area contributed by atoms with Gasteiger partial charge in [0.15, 0.2) is 0 Å². The molecular weight excluding hydrogens is 298 g/mol. The van der Waals surface area contributed by atoms with Gasteiger partial charge in [-0.2, -0.15) is 0 Å². The van der Waals surface area contributed by atoms with Gasteiger partial charge in [-0.3, -0.25) is 9.69 Å². The third-order valence-electron chi connectivity index (χ3n) is 4.77. The second kappa shape index (κ2) is 6.99. The number of nitrogens with one attached hydrogen (secondary N) is 1. The normalized spacial score (nSPS) is 25.6. The van der Waals surface area contributed by atoms with Gasteiger partial charge in [0.25, 0.3) is 0 Å². The Kier molecular flexibility index (Phi) is 5.48. The average molecular weight is 324 g/mol. The van der Waals surface area contributed by atoms with Crippen LogP contribution in [0.5, 0.6) is 0 Å². The van der Waals surface area contributed by atoms with Gasteiger partial charge in [0.05, 0.1) is 0 Å². The summed E-state index contributed by atoms with van der Waals surface area (Å²) in [5.74, 6) is 0.222. The Hall–Kier alpha value is -1.10. The number of hydrogen-bond donors (Lipinski definition) is 1. The van der Waals surface area contributed by atoms with Crippen molar-refractivity contribution in [3.63, 3.8) is 0 Å². The predicted molar refractivity (Wildman–Crippen MR) is 92.8 cm³/mol. The monoisotopic (exact) mass is 323 g/mol. The van der Waals surface area contributed by atoms with Crippen LogP contribution in [0.1, 0.15) is 31.4 Å². The molecular formula is C17H26ClN3O. The van der Waals surface area contributed by atoms with Crippen LogP contribution in [0.3, 0.4) is 0 Å². The fraction of sp³-hybridized carbons (Fsp3) is 0.588. The lowest BCUT2D eigenvalue weighted by atomic mass is 9.98. The second-order valence-electron chi connectivity index (χ2n) is 6.50. The van der Waals surface area contributed by atoms with Gasteiger partial charge >= 0.3 is 0 Å². The zero-order valence-corrected chi connectivity index (χ0v) is 14.4. The number of fused-ring (bicyclic) bond motifs is 1. The van der Waals surface area contributed by atoms with E-state index in [0.29, 0.717) is 18.5 Å². The van der Waals surface area contributed by atoms with Crippen LogP contribution in [0.15, 0.2) is 18.2 Å². The van der Waals surface area contributed by atoms with Crippen LogP contribution < -0.4 is 10.2 Å². The Morgan fingerprint density at radius 1 is 1.27 bits per heavy atom. The van der Waals surface area contributed by atoms with E-state index in [1.54, 1.807) is 4.90 Å². The van der Waals surface area contributed by atoms with Crippen molar-refractivity contribution in [1.82, 2.24) is 10.2 Å². The molecule has 1 fully saturated rings. The minimum Gasteiger partial charge on any atom is -0.315 e. The lowest BCUT2D eigenvalue weighted by molar-refractivity contribution is -0.118. The fourth-order valence-corrected chi connectivity index (χ4v) is 3.36. The highest BCUT2D eigenvalue weighted by Crippen LogP contribution is 2.28. The Bertz CT molecular complexity index is 549. The maximum Gasteiger partial charge on any atom is 0.227 e. The third kappa shape index (κ3) is 3.45. The number of benzene rings is 1. The first kappa shape index (κ1) is 17.3. The molecule has 0 aliphatic carbocycles. The van der Waals surface area contributed by atoms with Crippen molar-refractivity contribution in [2.45, 2.75) is 45.3 Å². The molecule has 2 aliphatic heterocycles. The molecule has 0 aromatic heterocycles. The summed E-state index contributed by atoms with van der Waals surface area (Å²) in [6.45, 7) is 7.67. The smallest absolute Gasteiger partial charge is 0.227 e. The van der Waals surface area contributed by atoms with E-state index in [-0.39, 0.29) is 18.3 Å². The number of carbonyl (C=O) groups is 1. The molecule has 0 radical (unpaired) electrons. The Labute approximate surface area is 139 Å². The molecule has 122 valence electrons. The first-order valence-electron chi connectivity index (χ1n) is 7.90. The van der Waals surface area contributed by atoms with E-state index in [1.165, 1.54) is 11.1 Å². The summed E-state index contributed by atoms with van der Waals surface area (Å²) in [6, 6.07) is 7.70. The molecule has 0 spiro atoms. The van der Waals surface area contributed by atoms with Gasteiger partial charge in [0.1, 0.15) is 0 Å². The summed E-state index contributed by atoms with van der Waals surface area (Å²) in [7, 11) is 1.88. The summed E-state index contributed by atoms with van der Waals surface area (Å²) in [4.78, 5) is 16.1. The zero-order valence-electron chi connectivity index (χ0n) is 13.6. The minimum atomic E-state index is 0. The van der Waals surface area contributed by atoms with E-state index in [4.69, 9.17) is 0 Å². The number of halogens is 1. The molecule has 4 nitrogen and oxygen atoms in total. The van der Waals surface area contributed by atoms with Gasteiger partial charge in [-0.15, -0.1) is 12.4 Å². The number of carbonyl (C=O) groups excluding carboxylic acids is 1. The lowest BCUT2D eigenvalue weighted by Crippen LogP contribution is -2.53. The number of anilines is 1. The van der Waals surface area contributed by atoms with Gasteiger partial charge < -0.3 is 10.2 Å². The van der Waals surface area contributed by atoms with Gasteiger partial charge in [0.2, 0.25) is 5.91 Å². The van der Waals surface area contributed by atoms with Gasteiger partial charge in [-0.1, -0.05) is 12.1 Å². The SMILES string of the molecule is CC1CN(Cc2ccc3c(c2)CCC(=O)N3C)C(C)CN1.Cl. The Morgan fingerprint density at radius 3 is 2.82 bits per heavy atom. The van der Waals surface area contributed by atoms with Crippen molar-refractivity contribution in [2.24, 2.45) is 0 Å². The van der Waals surface area contributed by atoms with Crippen molar-refractivity contribution < 1.29 is 4.79 Å². The first-order chi connectivity index (χ1) is 10.0. The lowest BCUT2D eigenvalue weighted by Gasteiger charge is -2.37. The number of hydrogen-bond acceptors (Lipinski definition) is 3. The molecule has 5 heteroatoms. The summed E-state index contributed by atoms with van der Waals surface area (Å²) in [5.41, 5.74) is 3.75. The second-order valence-corrected chi connectivity index (χ2v) is 6.50. The predicted octanol–water partition coefficient (Wildman–Crippen LogP) is 2.20. The minimum absolute atomic E-state index is 0. The molecule has 1 N–H and O–H groups in total. The average Bonchev–Trinajstić information content (AvgIpc) is 2.47. The van der Waals surface area contributed by atoms with Crippen molar-refractivity contribution in [3.8, 4) is 0 Å². The quantitative estimate of drug-likeness (QED) is 0.906. The fourth-order valence-electron chi connectivity index (χ4n) is 3.36. The van der Waals surface area contributed by atoms with Gasteiger partial charge in [-0.25, -0.2) is 0 Å². The molecule has 3 rings (SSSR count).